The van der Waals surface area contributed by atoms with E-state index in [2.05, 4.69) is 33.0 Å². The molecule has 1 aromatic rings. The van der Waals surface area contributed by atoms with E-state index in [-0.39, 0.29) is 0 Å². The molecule has 4 nitrogen and oxygen atoms in total. The third-order valence-electron chi connectivity index (χ3n) is 4.55. The molecule has 0 radical (unpaired) electrons. The molecule has 0 amide bonds. The standard InChI is InChI=1S/C15H26N4/c1-18(13-7-8-13)11-9-16-15-17-10-12-19(15)14-5-3-2-4-6-14/h10,12-14H,2-9,11H2,1H3,(H,16,17). The van der Waals surface area contributed by atoms with E-state index in [9.17, 15) is 0 Å². The van der Waals surface area contributed by atoms with Crippen LogP contribution in [0.5, 0.6) is 0 Å². The minimum atomic E-state index is 0.667. The van der Waals surface area contributed by atoms with E-state index < -0.39 is 0 Å². The molecule has 1 N–H and O–H groups in total. The van der Waals surface area contributed by atoms with Crippen molar-refractivity contribution < 1.29 is 0 Å². The van der Waals surface area contributed by atoms with Crippen LogP contribution in [0.15, 0.2) is 12.4 Å². The summed E-state index contributed by atoms with van der Waals surface area (Å²) >= 11 is 0. The number of aromatic nitrogens is 2. The summed E-state index contributed by atoms with van der Waals surface area (Å²) in [4.78, 5) is 6.94. The number of likely N-dealkylation sites (N-methyl/N-ethyl adjacent to an activating group) is 1. The predicted octanol–water partition coefficient (Wildman–Crippen LogP) is 2.89. The second-order valence-corrected chi connectivity index (χ2v) is 6.09. The van der Waals surface area contributed by atoms with E-state index in [4.69, 9.17) is 0 Å². The van der Waals surface area contributed by atoms with Crippen molar-refractivity contribution in [3.8, 4) is 0 Å². The van der Waals surface area contributed by atoms with E-state index in [1.54, 1.807) is 0 Å². The Balaban J connectivity index is 1.51. The van der Waals surface area contributed by atoms with Crippen molar-refractivity contribution in [2.45, 2.75) is 57.0 Å². The van der Waals surface area contributed by atoms with Crippen LogP contribution in [0.3, 0.4) is 0 Å². The molecular weight excluding hydrogens is 236 g/mol. The van der Waals surface area contributed by atoms with Crippen molar-refractivity contribution in [2.75, 3.05) is 25.5 Å². The summed E-state index contributed by atoms with van der Waals surface area (Å²) in [5.41, 5.74) is 0. The summed E-state index contributed by atoms with van der Waals surface area (Å²) in [6.07, 6.45) is 13.6. The van der Waals surface area contributed by atoms with E-state index >= 15 is 0 Å². The molecule has 4 heteroatoms. The number of hydrogen-bond donors (Lipinski definition) is 1. The largest absolute Gasteiger partial charge is 0.354 e. The van der Waals surface area contributed by atoms with Gasteiger partial charge in [-0.15, -0.1) is 0 Å². The molecule has 0 bridgehead atoms. The van der Waals surface area contributed by atoms with Crippen molar-refractivity contribution in [1.82, 2.24) is 14.5 Å². The molecule has 2 aliphatic carbocycles. The Kier molecular flexibility index (Phi) is 4.06. The van der Waals surface area contributed by atoms with Gasteiger partial charge in [-0.2, -0.15) is 0 Å². The molecule has 1 aromatic heterocycles. The van der Waals surface area contributed by atoms with Crippen LogP contribution in [-0.4, -0.2) is 40.6 Å². The van der Waals surface area contributed by atoms with E-state index in [1.807, 2.05) is 6.20 Å². The summed E-state index contributed by atoms with van der Waals surface area (Å²) < 4.78 is 2.36. The summed E-state index contributed by atoms with van der Waals surface area (Å²) in [6, 6.07) is 1.51. The number of nitrogens with zero attached hydrogens (tertiary/aromatic N) is 3. The van der Waals surface area contributed by atoms with Gasteiger partial charge >= 0.3 is 0 Å². The number of anilines is 1. The fourth-order valence-electron chi connectivity index (χ4n) is 3.15. The summed E-state index contributed by atoms with van der Waals surface area (Å²) in [5, 5.41) is 3.51. The number of hydrogen-bond acceptors (Lipinski definition) is 3. The molecule has 0 atom stereocenters. The van der Waals surface area contributed by atoms with Crippen molar-refractivity contribution in [2.24, 2.45) is 0 Å². The zero-order chi connectivity index (χ0) is 13.1. The van der Waals surface area contributed by atoms with Gasteiger partial charge in [0.15, 0.2) is 0 Å². The zero-order valence-corrected chi connectivity index (χ0v) is 12.0. The van der Waals surface area contributed by atoms with Crippen LogP contribution in [0.25, 0.3) is 0 Å². The van der Waals surface area contributed by atoms with Crippen molar-refractivity contribution >= 4 is 5.95 Å². The van der Waals surface area contributed by atoms with Crippen molar-refractivity contribution in [1.29, 1.82) is 0 Å². The SMILES string of the molecule is CN(CCNc1nccn1C1CCCCC1)C1CC1. The molecule has 2 aliphatic rings. The Morgan fingerprint density at radius 3 is 2.79 bits per heavy atom. The number of nitrogens with one attached hydrogen (secondary N) is 1. The molecule has 2 fully saturated rings. The molecule has 3 rings (SSSR count). The smallest absolute Gasteiger partial charge is 0.203 e. The van der Waals surface area contributed by atoms with Gasteiger partial charge in [0.1, 0.15) is 0 Å². The first-order valence-electron chi connectivity index (χ1n) is 7.81. The highest BCUT2D eigenvalue weighted by Crippen LogP contribution is 2.30. The summed E-state index contributed by atoms with van der Waals surface area (Å²) in [6.45, 7) is 2.11. The second kappa shape index (κ2) is 5.95. The highest BCUT2D eigenvalue weighted by Gasteiger charge is 2.25. The van der Waals surface area contributed by atoms with E-state index in [0.717, 1.165) is 25.1 Å². The van der Waals surface area contributed by atoms with Crippen molar-refractivity contribution in [3.05, 3.63) is 12.4 Å². The molecule has 106 valence electrons. The van der Waals surface area contributed by atoms with Gasteiger partial charge < -0.3 is 14.8 Å². The third kappa shape index (κ3) is 3.30. The van der Waals surface area contributed by atoms with Gasteiger partial charge in [0.25, 0.3) is 0 Å². The fraction of sp³-hybridized carbons (Fsp3) is 0.800. The summed E-state index contributed by atoms with van der Waals surface area (Å²) in [5.74, 6) is 1.07. The second-order valence-electron chi connectivity index (χ2n) is 6.09. The van der Waals surface area contributed by atoms with Crippen LogP contribution in [0, 0.1) is 0 Å². The maximum Gasteiger partial charge on any atom is 0.203 e. The average molecular weight is 262 g/mol. The van der Waals surface area contributed by atoms with Crippen LogP contribution in [-0.2, 0) is 0 Å². The van der Waals surface area contributed by atoms with Gasteiger partial charge in [-0.25, -0.2) is 4.98 Å². The Bertz CT molecular complexity index is 391. The minimum Gasteiger partial charge on any atom is -0.354 e. The van der Waals surface area contributed by atoms with E-state index in [0.29, 0.717) is 6.04 Å². The first kappa shape index (κ1) is 13.0. The molecule has 19 heavy (non-hydrogen) atoms. The normalized spacial score (nSPS) is 20.9. The topological polar surface area (TPSA) is 33.1 Å². The fourth-order valence-corrected chi connectivity index (χ4v) is 3.15. The number of imidazole rings is 1. The van der Waals surface area contributed by atoms with Crippen LogP contribution >= 0.6 is 0 Å². The lowest BCUT2D eigenvalue weighted by molar-refractivity contribution is 0.335. The maximum absolute atomic E-state index is 4.48. The van der Waals surface area contributed by atoms with Crippen LogP contribution in [0.2, 0.25) is 0 Å². The third-order valence-corrected chi connectivity index (χ3v) is 4.55. The Morgan fingerprint density at radius 1 is 1.26 bits per heavy atom. The Labute approximate surface area is 116 Å². The molecule has 2 saturated carbocycles. The van der Waals surface area contributed by atoms with Crippen LogP contribution < -0.4 is 5.32 Å². The lowest BCUT2D eigenvalue weighted by Gasteiger charge is -2.25. The van der Waals surface area contributed by atoms with Crippen LogP contribution in [0.1, 0.15) is 51.0 Å². The van der Waals surface area contributed by atoms with Gasteiger partial charge in [0, 0.05) is 37.6 Å². The zero-order valence-electron chi connectivity index (χ0n) is 12.0. The molecule has 0 spiro atoms. The molecule has 0 unspecified atom stereocenters. The highest BCUT2D eigenvalue weighted by molar-refractivity contribution is 5.26. The number of rotatable bonds is 6. The Hall–Kier alpha value is -1.03. The lowest BCUT2D eigenvalue weighted by Crippen LogP contribution is -2.28. The average Bonchev–Trinajstić information content (AvgIpc) is 3.20. The summed E-state index contributed by atoms with van der Waals surface area (Å²) in [7, 11) is 2.23. The van der Waals surface area contributed by atoms with Crippen molar-refractivity contribution in [3.63, 3.8) is 0 Å². The minimum absolute atomic E-state index is 0.667. The van der Waals surface area contributed by atoms with Gasteiger partial charge in [-0.1, -0.05) is 19.3 Å². The Morgan fingerprint density at radius 2 is 2.05 bits per heavy atom. The van der Waals surface area contributed by atoms with E-state index in [1.165, 1.54) is 44.9 Å². The molecule has 0 saturated heterocycles. The van der Waals surface area contributed by atoms with Gasteiger partial charge in [-0.3, -0.25) is 0 Å². The van der Waals surface area contributed by atoms with Gasteiger partial charge in [0.2, 0.25) is 5.95 Å². The monoisotopic (exact) mass is 262 g/mol. The first-order chi connectivity index (χ1) is 9.34. The van der Waals surface area contributed by atoms with Gasteiger partial charge in [0.05, 0.1) is 0 Å². The first-order valence-corrected chi connectivity index (χ1v) is 7.81. The molecular formula is C15H26N4. The van der Waals surface area contributed by atoms with Crippen LogP contribution in [0.4, 0.5) is 5.95 Å². The highest BCUT2D eigenvalue weighted by atomic mass is 15.2. The quantitative estimate of drug-likeness (QED) is 0.855. The molecule has 0 aliphatic heterocycles. The lowest BCUT2D eigenvalue weighted by atomic mass is 9.95. The maximum atomic E-state index is 4.48. The van der Waals surface area contributed by atoms with Gasteiger partial charge in [-0.05, 0) is 32.7 Å². The predicted molar refractivity (Wildman–Crippen MR) is 78.5 cm³/mol. The molecule has 1 heterocycles. The molecule has 0 aromatic carbocycles.